The summed E-state index contributed by atoms with van der Waals surface area (Å²) >= 11 is 3.52. The molecule has 1 aliphatic heterocycles. The fourth-order valence-corrected chi connectivity index (χ4v) is 3.70. The van der Waals surface area contributed by atoms with Crippen molar-refractivity contribution in [1.82, 2.24) is 15.2 Å². The van der Waals surface area contributed by atoms with E-state index in [2.05, 4.69) is 51.0 Å². The van der Waals surface area contributed by atoms with Crippen LogP contribution in [0.5, 0.6) is 0 Å². The van der Waals surface area contributed by atoms with Crippen molar-refractivity contribution in [2.24, 2.45) is 11.8 Å². The Bertz CT molecular complexity index is 459. The average Bonchev–Trinajstić information content (AvgIpc) is 3.22. The maximum absolute atomic E-state index is 4.30. The second-order valence-corrected chi connectivity index (χ2v) is 7.52. The molecule has 0 radical (unpaired) electrons. The van der Waals surface area contributed by atoms with Gasteiger partial charge in [0.25, 0.3) is 0 Å². The maximum atomic E-state index is 4.30. The van der Waals surface area contributed by atoms with E-state index >= 15 is 0 Å². The third kappa shape index (κ3) is 3.41. The van der Waals surface area contributed by atoms with E-state index in [4.69, 9.17) is 0 Å². The van der Waals surface area contributed by atoms with Gasteiger partial charge in [-0.2, -0.15) is 0 Å². The van der Waals surface area contributed by atoms with E-state index in [1.54, 1.807) is 0 Å². The van der Waals surface area contributed by atoms with E-state index in [1.165, 1.54) is 24.9 Å². The fourth-order valence-electron chi connectivity index (χ4n) is 3.28. The second-order valence-electron chi connectivity index (χ2n) is 6.60. The molecular weight excluding hydrogens is 314 g/mol. The Labute approximate surface area is 130 Å². The molecule has 2 heterocycles. The highest BCUT2D eigenvalue weighted by Gasteiger charge is 2.37. The molecule has 2 aliphatic rings. The summed E-state index contributed by atoms with van der Waals surface area (Å²) in [4.78, 5) is 6.96. The highest BCUT2D eigenvalue weighted by atomic mass is 79.9. The zero-order valence-corrected chi connectivity index (χ0v) is 13.9. The molecule has 20 heavy (non-hydrogen) atoms. The smallest absolute Gasteiger partial charge is 0.0410 e. The minimum atomic E-state index is 0.629. The van der Waals surface area contributed by atoms with Gasteiger partial charge in [0.05, 0.1) is 0 Å². The van der Waals surface area contributed by atoms with Gasteiger partial charge in [-0.1, -0.05) is 13.8 Å². The van der Waals surface area contributed by atoms with Crippen molar-refractivity contribution >= 4 is 15.9 Å². The Kier molecular flexibility index (Phi) is 4.43. The lowest BCUT2D eigenvalue weighted by Crippen LogP contribution is -2.58. The minimum absolute atomic E-state index is 0.629. The highest BCUT2D eigenvalue weighted by molar-refractivity contribution is 9.10. The predicted molar refractivity (Wildman–Crippen MR) is 85.5 cm³/mol. The van der Waals surface area contributed by atoms with Crippen LogP contribution in [0.3, 0.4) is 0 Å². The van der Waals surface area contributed by atoms with Crippen molar-refractivity contribution in [3.05, 3.63) is 28.5 Å². The summed E-state index contributed by atoms with van der Waals surface area (Å²) in [6.45, 7) is 7.98. The number of piperazine rings is 1. The van der Waals surface area contributed by atoms with Gasteiger partial charge < -0.3 is 5.32 Å². The molecule has 1 N–H and O–H groups in total. The molecular formula is C16H24BrN3. The van der Waals surface area contributed by atoms with Crippen LogP contribution in [-0.4, -0.2) is 35.1 Å². The summed E-state index contributed by atoms with van der Waals surface area (Å²) in [6.07, 6.45) is 6.68. The Hall–Kier alpha value is -0.450. The van der Waals surface area contributed by atoms with Crippen LogP contribution in [0.15, 0.2) is 22.9 Å². The Morgan fingerprint density at radius 3 is 2.85 bits per heavy atom. The number of aromatic nitrogens is 1. The number of rotatable bonds is 4. The van der Waals surface area contributed by atoms with Gasteiger partial charge >= 0.3 is 0 Å². The van der Waals surface area contributed by atoms with E-state index in [1.807, 2.05) is 12.4 Å². The van der Waals surface area contributed by atoms with Gasteiger partial charge in [-0.05, 0) is 52.2 Å². The van der Waals surface area contributed by atoms with Crippen molar-refractivity contribution in [2.75, 3.05) is 13.1 Å². The zero-order valence-electron chi connectivity index (χ0n) is 12.3. The number of pyridine rings is 1. The molecule has 1 aromatic heterocycles. The quantitative estimate of drug-likeness (QED) is 0.915. The molecule has 1 saturated heterocycles. The number of hydrogen-bond donors (Lipinski definition) is 1. The van der Waals surface area contributed by atoms with Gasteiger partial charge in [0, 0.05) is 48.6 Å². The molecule has 0 spiro atoms. The van der Waals surface area contributed by atoms with Gasteiger partial charge in [0.2, 0.25) is 0 Å². The molecule has 1 aliphatic carbocycles. The molecule has 1 saturated carbocycles. The van der Waals surface area contributed by atoms with Gasteiger partial charge in [0.15, 0.2) is 0 Å². The Balaban J connectivity index is 1.71. The molecule has 0 aromatic carbocycles. The minimum Gasteiger partial charge on any atom is -0.311 e. The maximum Gasteiger partial charge on any atom is 0.0410 e. The lowest BCUT2D eigenvalue weighted by molar-refractivity contribution is 0.0851. The van der Waals surface area contributed by atoms with Crippen LogP contribution in [0.4, 0.5) is 0 Å². The number of nitrogens with zero attached hydrogens (tertiary/aromatic N) is 2. The molecule has 0 amide bonds. The third-order valence-electron chi connectivity index (χ3n) is 4.60. The first-order valence-corrected chi connectivity index (χ1v) is 8.49. The van der Waals surface area contributed by atoms with E-state index in [9.17, 15) is 0 Å². The molecule has 2 fully saturated rings. The number of hydrogen-bond acceptors (Lipinski definition) is 3. The average molecular weight is 338 g/mol. The van der Waals surface area contributed by atoms with Crippen LogP contribution < -0.4 is 5.32 Å². The molecule has 110 valence electrons. The normalized spacial score (nSPS) is 28.0. The van der Waals surface area contributed by atoms with Crippen molar-refractivity contribution in [1.29, 1.82) is 0 Å². The first kappa shape index (κ1) is 14.5. The van der Waals surface area contributed by atoms with Gasteiger partial charge in [0.1, 0.15) is 0 Å². The first-order chi connectivity index (χ1) is 9.63. The van der Waals surface area contributed by atoms with Crippen LogP contribution in [0, 0.1) is 11.8 Å². The largest absolute Gasteiger partial charge is 0.311 e. The number of halogens is 1. The molecule has 1 aromatic rings. The van der Waals surface area contributed by atoms with Crippen molar-refractivity contribution in [3.8, 4) is 0 Å². The van der Waals surface area contributed by atoms with E-state index in [-0.39, 0.29) is 0 Å². The standard InChI is InChI=1S/C16H24BrN3/c1-11(2)16-8-19-15(13-3-4-13)10-20(16)9-12-5-14(17)7-18-6-12/h5-7,11,13,15-16,19H,3-4,8-10H2,1-2H3. The second kappa shape index (κ2) is 6.12. The van der Waals surface area contributed by atoms with Gasteiger partial charge in [-0.15, -0.1) is 0 Å². The monoisotopic (exact) mass is 337 g/mol. The molecule has 3 rings (SSSR count). The van der Waals surface area contributed by atoms with Crippen LogP contribution in [-0.2, 0) is 6.54 Å². The molecule has 2 unspecified atom stereocenters. The van der Waals surface area contributed by atoms with Crippen molar-refractivity contribution in [3.63, 3.8) is 0 Å². The van der Waals surface area contributed by atoms with Crippen LogP contribution in [0.25, 0.3) is 0 Å². The number of nitrogens with one attached hydrogen (secondary N) is 1. The molecule has 4 heteroatoms. The zero-order chi connectivity index (χ0) is 14.1. The van der Waals surface area contributed by atoms with Crippen LogP contribution >= 0.6 is 15.9 Å². The van der Waals surface area contributed by atoms with Gasteiger partial charge in [-0.3, -0.25) is 9.88 Å². The first-order valence-electron chi connectivity index (χ1n) is 7.70. The van der Waals surface area contributed by atoms with E-state index in [0.717, 1.165) is 23.5 Å². The summed E-state index contributed by atoms with van der Waals surface area (Å²) < 4.78 is 1.07. The lowest BCUT2D eigenvalue weighted by atomic mass is 9.96. The van der Waals surface area contributed by atoms with Crippen LogP contribution in [0.1, 0.15) is 32.3 Å². The van der Waals surface area contributed by atoms with Crippen molar-refractivity contribution in [2.45, 2.75) is 45.3 Å². The molecule has 3 nitrogen and oxygen atoms in total. The fraction of sp³-hybridized carbons (Fsp3) is 0.688. The lowest BCUT2D eigenvalue weighted by Gasteiger charge is -2.42. The Morgan fingerprint density at radius 1 is 1.40 bits per heavy atom. The summed E-state index contributed by atoms with van der Waals surface area (Å²) in [5.41, 5.74) is 1.31. The summed E-state index contributed by atoms with van der Waals surface area (Å²) in [7, 11) is 0. The SMILES string of the molecule is CC(C)C1CNC(C2CC2)CN1Cc1cncc(Br)c1. The van der Waals surface area contributed by atoms with Gasteiger partial charge in [-0.25, -0.2) is 0 Å². The third-order valence-corrected chi connectivity index (χ3v) is 5.03. The topological polar surface area (TPSA) is 28.2 Å². The van der Waals surface area contributed by atoms with Crippen molar-refractivity contribution < 1.29 is 0 Å². The summed E-state index contributed by atoms with van der Waals surface area (Å²) in [5, 5.41) is 3.77. The molecule has 0 bridgehead atoms. The van der Waals surface area contributed by atoms with E-state index < -0.39 is 0 Å². The van der Waals surface area contributed by atoms with Crippen LogP contribution in [0.2, 0.25) is 0 Å². The summed E-state index contributed by atoms with van der Waals surface area (Å²) in [6, 6.07) is 3.52. The molecule has 2 atom stereocenters. The predicted octanol–water partition coefficient (Wildman–Crippen LogP) is 3.05. The summed E-state index contributed by atoms with van der Waals surface area (Å²) in [5.74, 6) is 1.61. The highest BCUT2D eigenvalue weighted by Crippen LogP contribution is 2.35. The Morgan fingerprint density at radius 2 is 2.20 bits per heavy atom. The van der Waals surface area contributed by atoms with E-state index in [0.29, 0.717) is 18.0 Å².